The molecule has 18 heavy (non-hydrogen) atoms. The number of aliphatic hydroxyl groups is 2. The van der Waals surface area contributed by atoms with E-state index < -0.39 is 10.4 Å². The maximum Gasteiger partial charge on any atom is 0.394 e. The van der Waals surface area contributed by atoms with Crippen LogP contribution in [0.15, 0.2) is 30.3 Å². The second kappa shape index (κ2) is 11.9. The molecular weight excluding hydrogens is 260 g/mol. The van der Waals surface area contributed by atoms with Gasteiger partial charge in [0.1, 0.15) is 6.11 Å². The molecule has 0 radical (unpaired) electrons. The normalized spacial score (nSPS) is 8.67. The quantitative estimate of drug-likeness (QED) is 0.450. The molecule has 4 N–H and O–H groups in total. The lowest BCUT2D eigenvalue weighted by Gasteiger charge is -1.82. The molecule has 0 heterocycles. The van der Waals surface area contributed by atoms with Gasteiger partial charge in [0.2, 0.25) is 0 Å². The van der Waals surface area contributed by atoms with E-state index >= 15 is 0 Å². The van der Waals surface area contributed by atoms with E-state index in [0.717, 1.165) is 0 Å². The first-order valence-electron chi connectivity index (χ1n) is 4.75. The fourth-order valence-electron chi connectivity index (χ4n) is 0.646. The first kappa shape index (κ1) is 18.8. The van der Waals surface area contributed by atoms with Crippen LogP contribution in [0.1, 0.15) is 12.0 Å². The maximum absolute atomic E-state index is 8.74. The van der Waals surface area contributed by atoms with Crippen molar-refractivity contribution in [2.75, 3.05) is 6.61 Å². The van der Waals surface area contributed by atoms with E-state index in [1.807, 2.05) is 18.2 Å². The summed E-state index contributed by atoms with van der Waals surface area (Å²) in [5.41, 5.74) is 1.32. The SMILES string of the molecule is Cc1ccccc1.O=S(=O)(O)O.OC#CCCO. The Kier molecular flexibility index (Phi) is 12.4. The molecule has 0 aromatic heterocycles. The van der Waals surface area contributed by atoms with E-state index in [9.17, 15) is 0 Å². The van der Waals surface area contributed by atoms with Crippen LogP contribution in [0.5, 0.6) is 0 Å². The molecular formula is C11H16O6S. The molecule has 0 bridgehead atoms. The Morgan fingerprint density at radius 3 is 1.78 bits per heavy atom. The van der Waals surface area contributed by atoms with Crippen LogP contribution in [-0.4, -0.2) is 34.3 Å². The molecule has 0 saturated heterocycles. The van der Waals surface area contributed by atoms with Gasteiger partial charge in [0.25, 0.3) is 0 Å². The van der Waals surface area contributed by atoms with Crippen molar-refractivity contribution < 1.29 is 27.7 Å². The minimum absolute atomic E-state index is 0.0214. The smallest absolute Gasteiger partial charge is 0.394 e. The topological polar surface area (TPSA) is 115 Å². The van der Waals surface area contributed by atoms with E-state index in [0.29, 0.717) is 6.42 Å². The van der Waals surface area contributed by atoms with Crippen molar-refractivity contribution >= 4 is 10.4 Å². The third-order valence-electron chi connectivity index (χ3n) is 1.26. The molecule has 6 nitrogen and oxygen atoms in total. The Morgan fingerprint density at radius 1 is 1.17 bits per heavy atom. The first-order valence-corrected chi connectivity index (χ1v) is 6.15. The summed E-state index contributed by atoms with van der Waals surface area (Å²) in [5, 5.41) is 15.7. The molecule has 1 rings (SSSR count). The minimum atomic E-state index is -4.67. The summed E-state index contributed by atoms with van der Waals surface area (Å²) >= 11 is 0. The predicted octanol–water partition coefficient (Wildman–Crippen LogP) is 1.04. The highest BCUT2D eigenvalue weighted by Gasteiger charge is 1.84. The molecule has 0 spiro atoms. The van der Waals surface area contributed by atoms with E-state index in [1.54, 1.807) is 6.11 Å². The molecule has 0 aliphatic heterocycles. The summed E-state index contributed by atoms with van der Waals surface area (Å²) in [5.74, 6) is 2.25. The van der Waals surface area contributed by atoms with Gasteiger partial charge in [-0.3, -0.25) is 9.11 Å². The van der Waals surface area contributed by atoms with Crippen molar-refractivity contribution in [2.24, 2.45) is 0 Å². The van der Waals surface area contributed by atoms with Crippen molar-refractivity contribution in [3.63, 3.8) is 0 Å². The summed E-state index contributed by atoms with van der Waals surface area (Å²) in [7, 11) is -4.67. The van der Waals surface area contributed by atoms with Gasteiger partial charge in [-0.05, 0) is 6.92 Å². The maximum atomic E-state index is 8.74. The largest absolute Gasteiger partial charge is 0.462 e. The zero-order chi connectivity index (χ0) is 14.4. The summed E-state index contributed by atoms with van der Waals surface area (Å²) in [6.07, 6.45) is 2.02. The minimum Gasteiger partial charge on any atom is -0.462 e. The van der Waals surface area contributed by atoms with E-state index in [1.165, 1.54) is 5.56 Å². The Morgan fingerprint density at radius 2 is 1.61 bits per heavy atom. The summed E-state index contributed by atoms with van der Waals surface area (Å²) in [6.45, 7) is 2.10. The molecule has 1 aromatic rings. The van der Waals surface area contributed by atoms with Crippen LogP contribution >= 0.6 is 0 Å². The Bertz CT molecular complexity index is 435. The number of rotatable bonds is 1. The van der Waals surface area contributed by atoms with E-state index in [2.05, 4.69) is 25.0 Å². The van der Waals surface area contributed by atoms with Gasteiger partial charge >= 0.3 is 10.4 Å². The number of hydrogen-bond donors (Lipinski definition) is 4. The van der Waals surface area contributed by atoms with Gasteiger partial charge in [0, 0.05) is 6.42 Å². The van der Waals surface area contributed by atoms with Crippen LogP contribution in [0.4, 0.5) is 0 Å². The van der Waals surface area contributed by atoms with E-state index in [-0.39, 0.29) is 6.61 Å². The van der Waals surface area contributed by atoms with Crippen molar-refractivity contribution in [2.45, 2.75) is 13.3 Å². The lowest BCUT2D eigenvalue weighted by molar-refractivity contribution is 0.304. The summed E-state index contributed by atoms with van der Waals surface area (Å²) < 4.78 is 31.6. The van der Waals surface area contributed by atoms with Crippen molar-refractivity contribution in [3.8, 4) is 12.0 Å². The third-order valence-corrected chi connectivity index (χ3v) is 1.26. The standard InChI is InChI=1S/C7H8.C4H6O2.H2O4S/c1-7-5-3-2-4-6-7;5-3-1-2-4-6;1-5(2,3)4/h2-6H,1H3;5-6H,1,3H2;(H2,1,2,3,4). The molecule has 0 fully saturated rings. The van der Waals surface area contributed by atoms with Crippen LogP contribution < -0.4 is 0 Å². The monoisotopic (exact) mass is 276 g/mol. The van der Waals surface area contributed by atoms with Gasteiger partial charge in [-0.25, -0.2) is 0 Å². The lowest BCUT2D eigenvalue weighted by Crippen LogP contribution is -1.89. The predicted molar refractivity (Wildman–Crippen MR) is 66.8 cm³/mol. The highest BCUT2D eigenvalue weighted by Crippen LogP contribution is 1.92. The number of aryl methyl sites for hydroxylation is 1. The van der Waals surface area contributed by atoms with Gasteiger partial charge in [-0.2, -0.15) is 8.42 Å². The number of hydrogen-bond acceptors (Lipinski definition) is 4. The molecule has 0 aliphatic rings. The fraction of sp³-hybridized carbons (Fsp3) is 0.273. The zero-order valence-corrected chi connectivity index (χ0v) is 10.6. The average Bonchev–Trinajstić information content (AvgIpc) is 2.26. The third kappa shape index (κ3) is 29.3. The molecule has 1 aromatic carbocycles. The highest BCUT2D eigenvalue weighted by atomic mass is 32.3. The second-order valence-corrected chi connectivity index (χ2v) is 3.76. The lowest BCUT2D eigenvalue weighted by atomic mass is 10.2. The van der Waals surface area contributed by atoms with Crippen molar-refractivity contribution in [1.29, 1.82) is 0 Å². The van der Waals surface area contributed by atoms with Crippen LogP contribution in [0.25, 0.3) is 0 Å². The number of aliphatic hydroxyl groups excluding tert-OH is 2. The summed E-state index contributed by atoms with van der Waals surface area (Å²) in [4.78, 5) is 0. The highest BCUT2D eigenvalue weighted by molar-refractivity contribution is 7.79. The van der Waals surface area contributed by atoms with Crippen LogP contribution in [-0.2, 0) is 10.4 Å². The second-order valence-electron chi connectivity index (χ2n) is 2.86. The molecule has 0 saturated carbocycles. The molecule has 0 unspecified atom stereocenters. The van der Waals surface area contributed by atoms with Gasteiger partial charge in [-0.15, -0.1) is 0 Å². The summed E-state index contributed by atoms with van der Waals surface area (Å²) in [6, 6.07) is 10.3. The van der Waals surface area contributed by atoms with Gasteiger partial charge in [0.15, 0.2) is 0 Å². The average molecular weight is 276 g/mol. The van der Waals surface area contributed by atoms with Crippen molar-refractivity contribution in [1.82, 2.24) is 0 Å². The van der Waals surface area contributed by atoms with Gasteiger partial charge in [-0.1, -0.05) is 41.8 Å². The van der Waals surface area contributed by atoms with Crippen LogP contribution in [0.3, 0.4) is 0 Å². The first-order chi connectivity index (χ1) is 8.31. The molecule has 102 valence electrons. The Hall–Kier alpha value is -1.59. The Labute approximate surface area is 106 Å². The van der Waals surface area contributed by atoms with Crippen LogP contribution in [0, 0.1) is 19.0 Å². The fourth-order valence-corrected chi connectivity index (χ4v) is 0.646. The molecule has 7 heteroatoms. The number of benzene rings is 1. The van der Waals surface area contributed by atoms with Gasteiger partial charge < -0.3 is 10.2 Å². The Balaban J connectivity index is 0. The van der Waals surface area contributed by atoms with E-state index in [4.69, 9.17) is 27.7 Å². The zero-order valence-electron chi connectivity index (χ0n) is 9.81. The molecule has 0 amide bonds. The van der Waals surface area contributed by atoms with Crippen molar-refractivity contribution in [3.05, 3.63) is 35.9 Å². The molecule has 0 atom stereocenters. The molecule has 0 aliphatic carbocycles. The van der Waals surface area contributed by atoms with Gasteiger partial charge in [0.05, 0.1) is 6.61 Å². The van der Waals surface area contributed by atoms with Crippen LogP contribution in [0.2, 0.25) is 0 Å².